The summed E-state index contributed by atoms with van der Waals surface area (Å²) in [6.45, 7) is 1.10. The Balaban J connectivity index is 1.93. The smallest absolute Gasteiger partial charge is 0.277 e. The first-order valence-corrected chi connectivity index (χ1v) is 7.84. The van der Waals surface area contributed by atoms with Gasteiger partial charge in [-0.25, -0.2) is 4.98 Å². The molecule has 98 valence electrons. The molecular formula is C13H13N3OS2. The van der Waals surface area contributed by atoms with Gasteiger partial charge in [-0.3, -0.25) is 4.79 Å². The number of nitrogens with two attached hydrogens (primary N) is 1. The summed E-state index contributed by atoms with van der Waals surface area (Å²) in [6.07, 6.45) is 0. The third-order valence-corrected chi connectivity index (χ3v) is 4.83. The Hall–Kier alpha value is -1.37. The summed E-state index contributed by atoms with van der Waals surface area (Å²) in [6, 6.07) is 7.98. The number of aromatic nitrogens is 1. The zero-order valence-corrected chi connectivity index (χ0v) is 11.8. The summed E-state index contributed by atoms with van der Waals surface area (Å²) in [5.41, 5.74) is 7.01. The number of fused-ring (bicyclic) bond motifs is 1. The van der Waals surface area contributed by atoms with Crippen molar-refractivity contribution >= 4 is 34.7 Å². The van der Waals surface area contributed by atoms with Crippen LogP contribution in [-0.4, -0.2) is 23.2 Å². The van der Waals surface area contributed by atoms with E-state index in [0.717, 1.165) is 27.9 Å². The molecule has 1 aliphatic rings. The Morgan fingerprint density at radius 1 is 1.42 bits per heavy atom. The lowest BCUT2D eigenvalue weighted by molar-refractivity contribution is 0.0983. The van der Waals surface area contributed by atoms with E-state index in [9.17, 15) is 4.79 Å². The number of thiazole rings is 1. The summed E-state index contributed by atoms with van der Waals surface area (Å²) in [7, 11) is 0. The van der Waals surface area contributed by atoms with E-state index >= 15 is 0 Å². The van der Waals surface area contributed by atoms with Crippen LogP contribution in [0.25, 0.3) is 0 Å². The second kappa shape index (κ2) is 5.32. The minimum absolute atomic E-state index is 0.0382. The van der Waals surface area contributed by atoms with Crippen molar-refractivity contribution in [3.05, 3.63) is 40.3 Å². The number of benzene rings is 1. The van der Waals surface area contributed by atoms with Crippen LogP contribution in [0.5, 0.6) is 0 Å². The van der Waals surface area contributed by atoms with Crippen LogP contribution in [-0.2, 0) is 6.54 Å². The molecule has 1 amide bonds. The monoisotopic (exact) mass is 291 g/mol. The van der Waals surface area contributed by atoms with E-state index in [4.69, 9.17) is 5.73 Å². The van der Waals surface area contributed by atoms with Crippen molar-refractivity contribution in [3.8, 4) is 0 Å². The minimum Gasteiger partial charge on any atom is -0.325 e. The molecule has 0 saturated carbocycles. The molecule has 0 spiro atoms. The normalized spacial score (nSPS) is 14.3. The Kier molecular flexibility index (Phi) is 3.54. The number of hydrogen-bond donors (Lipinski definition) is 1. The van der Waals surface area contributed by atoms with E-state index in [-0.39, 0.29) is 5.91 Å². The van der Waals surface area contributed by atoms with Gasteiger partial charge in [0.15, 0.2) is 0 Å². The molecule has 6 heteroatoms. The molecule has 4 nitrogen and oxygen atoms in total. The van der Waals surface area contributed by atoms with Gasteiger partial charge in [0.1, 0.15) is 10.7 Å². The standard InChI is InChI=1S/C13H13N3OS2/c14-7-12-15-9(8-19-12)13(17)16-5-6-18-11-4-2-1-3-10(11)16/h1-4,8H,5-7,14H2. The van der Waals surface area contributed by atoms with Crippen molar-refractivity contribution < 1.29 is 4.79 Å². The fourth-order valence-electron chi connectivity index (χ4n) is 2.02. The molecule has 2 heterocycles. The molecule has 2 N–H and O–H groups in total. The van der Waals surface area contributed by atoms with Crippen LogP contribution < -0.4 is 10.6 Å². The predicted molar refractivity (Wildman–Crippen MR) is 78.8 cm³/mol. The quantitative estimate of drug-likeness (QED) is 0.922. The van der Waals surface area contributed by atoms with E-state index in [1.807, 2.05) is 24.3 Å². The first-order valence-electron chi connectivity index (χ1n) is 5.98. The summed E-state index contributed by atoms with van der Waals surface area (Å²) >= 11 is 3.22. The molecule has 0 radical (unpaired) electrons. The molecule has 1 aromatic carbocycles. The second-order valence-electron chi connectivity index (χ2n) is 4.10. The van der Waals surface area contributed by atoms with Gasteiger partial charge in [0.25, 0.3) is 5.91 Å². The Bertz CT molecular complexity index is 611. The van der Waals surface area contributed by atoms with Gasteiger partial charge in [0, 0.05) is 29.1 Å². The molecule has 1 aromatic heterocycles. The molecule has 0 fully saturated rings. The van der Waals surface area contributed by atoms with Crippen molar-refractivity contribution in [1.29, 1.82) is 0 Å². The summed E-state index contributed by atoms with van der Waals surface area (Å²) in [4.78, 5) is 19.7. The topological polar surface area (TPSA) is 59.2 Å². The molecule has 0 aliphatic carbocycles. The number of anilines is 1. The lowest BCUT2D eigenvalue weighted by atomic mass is 10.2. The maximum absolute atomic E-state index is 12.5. The predicted octanol–water partition coefficient (Wildman–Crippen LogP) is 2.35. The lowest BCUT2D eigenvalue weighted by Crippen LogP contribution is -2.35. The number of carbonyl (C=O) groups excluding carboxylic acids is 1. The van der Waals surface area contributed by atoms with Crippen molar-refractivity contribution in [2.24, 2.45) is 5.73 Å². The van der Waals surface area contributed by atoms with Gasteiger partial charge < -0.3 is 10.6 Å². The number of amides is 1. The van der Waals surface area contributed by atoms with Crippen LogP contribution in [0.4, 0.5) is 5.69 Å². The van der Waals surface area contributed by atoms with Crippen molar-refractivity contribution in [1.82, 2.24) is 4.98 Å². The zero-order valence-electron chi connectivity index (χ0n) is 10.2. The number of nitrogens with zero attached hydrogens (tertiary/aromatic N) is 2. The van der Waals surface area contributed by atoms with Crippen LogP contribution in [0.1, 0.15) is 15.5 Å². The molecule has 2 aromatic rings. The maximum Gasteiger partial charge on any atom is 0.277 e. The number of para-hydroxylation sites is 1. The van der Waals surface area contributed by atoms with E-state index in [0.29, 0.717) is 12.2 Å². The highest BCUT2D eigenvalue weighted by Crippen LogP contribution is 2.35. The third kappa shape index (κ3) is 2.39. The maximum atomic E-state index is 12.5. The van der Waals surface area contributed by atoms with E-state index in [1.165, 1.54) is 11.3 Å². The van der Waals surface area contributed by atoms with Crippen LogP contribution in [0.3, 0.4) is 0 Å². The summed E-state index contributed by atoms with van der Waals surface area (Å²) < 4.78 is 0. The first-order chi connectivity index (χ1) is 9.29. The lowest BCUT2D eigenvalue weighted by Gasteiger charge is -2.28. The fourth-order valence-corrected chi connectivity index (χ4v) is 3.66. The molecule has 3 rings (SSSR count). The van der Waals surface area contributed by atoms with Crippen LogP contribution in [0, 0.1) is 0 Å². The Morgan fingerprint density at radius 3 is 3.05 bits per heavy atom. The first kappa shape index (κ1) is 12.7. The number of thioether (sulfide) groups is 1. The highest BCUT2D eigenvalue weighted by molar-refractivity contribution is 7.99. The molecule has 1 aliphatic heterocycles. The van der Waals surface area contributed by atoms with E-state index in [2.05, 4.69) is 4.98 Å². The van der Waals surface area contributed by atoms with Gasteiger partial charge in [0.2, 0.25) is 0 Å². The third-order valence-electron chi connectivity index (χ3n) is 2.92. The van der Waals surface area contributed by atoms with E-state index < -0.39 is 0 Å². The van der Waals surface area contributed by atoms with Crippen molar-refractivity contribution in [3.63, 3.8) is 0 Å². The molecule has 19 heavy (non-hydrogen) atoms. The number of carbonyl (C=O) groups is 1. The van der Waals surface area contributed by atoms with Gasteiger partial charge in [0.05, 0.1) is 5.69 Å². The van der Waals surface area contributed by atoms with Gasteiger partial charge >= 0.3 is 0 Å². The molecular weight excluding hydrogens is 278 g/mol. The van der Waals surface area contributed by atoms with E-state index in [1.54, 1.807) is 22.0 Å². The summed E-state index contributed by atoms with van der Waals surface area (Å²) in [5, 5.41) is 2.58. The largest absolute Gasteiger partial charge is 0.325 e. The average Bonchev–Trinajstić information content (AvgIpc) is 2.95. The molecule has 0 atom stereocenters. The molecule has 0 unspecified atom stereocenters. The Morgan fingerprint density at radius 2 is 2.26 bits per heavy atom. The second-order valence-corrected chi connectivity index (χ2v) is 6.18. The number of rotatable bonds is 2. The molecule has 0 bridgehead atoms. The van der Waals surface area contributed by atoms with Gasteiger partial charge in [-0.1, -0.05) is 12.1 Å². The minimum atomic E-state index is -0.0382. The molecule has 0 saturated heterocycles. The highest BCUT2D eigenvalue weighted by Gasteiger charge is 2.25. The van der Waals surface area contributed by atoms with Gasteiger partial charge in [-0.05, 0) is 12.1 Å². The average molecular weight is 291 g/mol. The number of hydrogen-bond acceptors (Lipinski definition) is 5. The van der Waals surface area contributed by atoms with Gasteiger partial charge in [-0.2, -0.15) is 0 Å². The van der Waals surface area contributed by atoms with Crippen molar-refractivity contribution in [2.45, 2.75) is 11.4 Å². The van der Waals surface area contributed by atoms with Crippen molar-refractivity contribution in [2.75, 3.05) is 17.2 Å². The highest BCUT2D eigenvalue weighted by atomic mass is 32.2. The Labute approximate surface area is 119 Å². The van der Waals surface area contributed by atoms with Gasteiger partial charge in [-0.15, -0.1) is 23.1 Å². The van der Waals surface area contributed by atoms with Crippen LogP contribution in [0.2, 0.25) is 0 Å². The SMILES string of the molecule is NCc1nc(C(=O)N2CCSc3ccccc32)cs1. The van der Waals surface area contributed by atoms with Crippen LogP contribution in [0.15, 0.2) is 34.5 Å². The fraction of sp³-hybridized carbons (Fsp3) is 0.231. The van der Waals surface area contributed by atoms with Crippen LogP contribution >= 0.6 is 23.1 Å². The summed E-state index contributed by atoms with van der Waals surface area (Å²) in [5.74, 6) is 0.875. The zero-order chi connectivity index (χ0) is 13.2.